The minimum absolute atomic E-state index is 0.00358. The zero-order chi connectivity index (χ0) is 23.4. The van der Waals surface area contributed by atoms with Gasteiger partial charge >= 0.3 is 0 Å². The third-order valence-electron chi connectivity index (χ3n) is 5.92. The molecule has 1 unspecified atom stereocenters. The number of benzene rings is 2. The van der Waals surface area contributed by atoms with E-state index < -0.39 is 9.84 Å². The van der Waals surface area contributed by atoms with E-state index in [9.17, 15) is 13.2 Å². The van der Waals surface area contributed by atoms with E-state index in [1.807, 2.05) is 43.3 Å². The van der Waals surface area contributed by atoms with Crippen molar-refractivity contribution in [2.45, 2.75) is 38.8 Å². The number of fused-ring (bicyclic) bond motifs is 1. The molecule has 0 saturated carbocycles. The second-order valence-corrected chi connectivity index (χ2v) is 10.6. The highest BCUT2D eigenvalue weighted by Crippen LogP contribution is 2.28. The number of ether oxygens (including phenoxy) is 2. The molecule has 33 heavy (non-hydrogen) atoms. The van der Waals surface area contributed by atoms with Gasteiger partial charge in [-0.1, -0.05) is 19.1 Å². The first-order chi connectivity index (χ1) is 15.9. The van der Waals surface area contributed by atoms with Gasteiger partial charge in [0.05, 0.1) is 37.9 Å². The molecule has 8 heteroatoms. The van der Waals surface area contributed by atoms with Crippen molar-refractivity contribution in [1.82, 2.24) is 4.90 Å². The van der Waals surface area contributed by atoms with Gasteiger partial charge in [0.15, 0.2) is 9.84 Å². The van der Waals surface area contributed by atoms with Gasteiger partial charge in [0.1, 0.15) is 17.1 Å². The van der Waals surface area contributed by atoms with Crippen molar-refractivity contribution in [3.63, 3.8) is 0 Å². The minimum atomic E-state index is -3.14. The Bertz CT molecular complexity index is 1220. The lowest BCUT2D eigenvalue weighted by atomic mass is 10.1. The largest absolute Gasteiger partial charge is 0.497 e. The van der Waals surface area contributed by atoms with Crippen molar-refractivity contribution in [3.05, 3.63) is 59.9 Å². The third-order valence-corrected chi connectivity index (χ3v) is 7.67. The van der Waals surface area contributed by atoms with Crippen LogP contribution < -0.4 is 9.47 Å². The first-order valence-corrected chi connectivity index (χ1v) is 13.0. The first kappa shape index (κ1) is 23.2. The summed E-state index contributed by atoms with van der Waals surface area (Å²) in [5.74, 6) is 1.43. The van der Waals surface area contributed by atoms with Crippen LogP contribution in [0.15, 0.2) is 53.1 Å². The van der Waals surface area contributed by atoms with E-state index in [0.29, 0.717) is 30.9 Å². The lowest BCUT2D eigenvalue weighted by molar-refractivity contribution is -0.133. The number of hydrogen-bond donors (Lipinski definition) is 0. The lowest BCUT2D eigenvalue weighted by Gasteiger charge is -2.28. The first-order valence-electron chi connectivity index (χ1n) is 11.1. The summed E-state index contributed by atoms with van der Waals surface area (Å²) in [5, 5.41) is 0.819. The third kappa shape index (κ3) is 5.50. The van der Waals surface area contributed by atoms with Gasteiger partial charge < -0.3 is 18.8 Å². The summed E-state index contributed by atoms with van der Waals surface area (Å²) in [6, 6.07) is 12.7. The molecule has 3 aromatic rings. The molecular formula is C25H29NO6S. The summed E-state index contributed by atoms with van der Waals surface area (Å²) >= 11 is 0. The molecule has 1 aliphatic rings. The van der Waals surface area contributed by atoms with Crippen molar-refractivity contribution in [2.24, 2.45) is 0 Å². The van der Waals surface area contributed by atoms with Crippen LogP contribution in [0.4, 0.5) is 0 Å². The van der Waals surface area contributed by atoms with Gasteiger partial charge in [-0.2, -0.15) is 0 Å². The minimum Gasteiger partial charge on any atom is -0.497 e. The molecule has 7 nitrogen and oxygen atoms in total. The molecule has 1 amide bonds. The van der Waals surface area contributed by atoms with E-state index >= 15 is 0 Å². The number of rotatable bonds is 9. The second kappa shape index (κ2) is 9.87. The maximum atomic E-state index is 13.5. The molecule has 2 heterocycles. The molecule has 1 aromatic heterocycles. The van der Waals surface area contributed by atoms with Gasteiger partial charge in [0.25, 0.3) is 0 Å². The van der Waals surface area contributed by atoms with E-state index in [4.69, 9.17) is 13.9 Å². The fraction of sp³-hybridized carbons (Fsp3) is 0.400. The van der Waals surface area contributed by atoms with Crippen molar-refractivity contribution < 1.29 is 27.1 Å². The molecule has 176 valence electrons. The molecule has 2 aromatic carbocycles. The summed E-state index contributed by atoms with van der Waals surface area (Å²) in [4.78, 5) is 15.2. The van der Waals surface area contributed by atoms with Crippen molar-refractivity contribution in [1.29, 1.82) is 0 Å². The van der Waals surface area contributed by atoms with Crippen LogP contribution in [0, 0.1) is 0 Å². The summed E-state index contributed by atoms with van der Waals surface area (Å²) < 4.78 is 40.8. The molecule has 4 rings (SSSR count). The molecule has 1 aliphatic heterocycles. The number of nitrogens with zero attached hydrogens (tertiary/aromatic N) is 1. The van der Waals surface area contributed by atoms with Crippen LogP contribution in [0.1, 0.15) is 30.9 Å². The van der Waals surface area contributed by atoms with E-state index in [2.05, 4.69) is 0 Å². The molecule has 0 aliphatic carbocycles. The average molecular weight is 472 g/mol. The second-order valence-electron chi connectivity index (χ2n) is 8.37. The predicted molar refractivity (Wildman–Crippen MR) is 126 cm³/mol. The molecule has 0 N–H and O–H groups in total. The van der Waals surface area contributed by atoms with Gasteiger partial charge in [-0.3, -0.25) is 4.79 Å². The van der Waals surface area contributed by atoms with Crippen LogP contribution in [0.2, 0.25) is 0 Å². The molecule has 1 saturated heterocycles. The topological polar surface area (TPSA) is 86.0 Å². The molecule has 0 radical (unpaired) electrons. The molecular weight excluding hydrogens is 442 g/mol. The van der Waals surface area contributed by atoms with Crippen molar-refractivity contribution in [2.75, 3.05) is 25.2 Å². The highest BCUT2D eigenvalue weighted by atomic mass is 32.2. The van der Waals surface area contributed by atoms with Gasteiger partial charge in [-0.05, 0) is 48.7 Å². The lowest BCUT2D eigenvalue weighted by Crippen LogP contribution is -2.41. The quantitative estimate of drug-likeness (QED) is 0.469. The number of methoxy groups -OCH3 is 1. The van der Waals surface area contributed by atoms with E-state index in [0.717, 1.165) is 28.7 Å². The number of carbonyl (C=O) groups excluding carboxylic acids is 1. The van der Waals surface area contributed by atoms with Gasteiger partial charge in [-0.25, -0.2) is 8.42 Å². The molecule has 1 fully saturated rings. The highest BCUT2D eigenvalue weighted by Gasteiger charge is 2.35. The van der Waals surface area contributed by atoms with Crippen LogP contribution >= 0.6 is 0 Å². The Morgan fingerprint density at radius 2 is 1.91 bits per heavy atom. The van der Waals surface area contributed by atoms with Crippen LogP contribution in [-0.4, -0.2) is 50.5 Å². The smallest absolute Gasteiger partial charge is 0.227 e. The zero-order valence-electron chi connectivity index (χ0n) is 19.0. The Morgan fingerprint density at radius 1 is 1.15 bits per heavy atom. The summed E-state index contributed by atoms with van der Waals surface area (Å²) in [5.41, 5.74) is 2.36. The maximum absolute atomic E-state index is 13.5. The Kier molecular flexibility index (Phi) is 6.93. The number of sulfone groups is 1. The number of carbonyl (C=O) groups is 1. The number of hydrogen-bond acceptors (Lipinski definition) is 6. The van der Waals surface area contributed by atoms with Gasteiger partial charge in [0, 0.05) is 23.5 Å². The van der Waals surface area contributed by atoms with E-state index in [-0.39, 0.29) is 29.9 Å². The summed E-state index contributed by atoms with van der Waals surface area (Å²) in [6.45, 7) is 3.03. The fourth-order valence-corrected chi connectivity index (χ4v) is 5.87. The fourth-order valence-electron chi connectivity index (χ4n) is 4.14. The van der Waals surface area contributed by atoms with Crippen LogP contribution in [0.25, 0.3) is 11.0 Å². The number of amides is 1. The van der Waals surface area contributed by atoms with Crippen LogP contribution in [-0.2, 0) is 27.6 Å². The maximum Gasteiger partial charge on any atom is 0.227 e. The molecule has 0 bridgehead atoms. The van der Waals surface area contributed by atoms with Gasteiger partial charge in [0.2, 0.25) is 5.91 Å². The Morgan fingerprint density at radius 3 is 2.58 bits per heavy atom. The Balaban J connectivity index is 1.56. The van der Waals surface area contributed by atoms with Crippen LogP contribution in [0.5, 0.6) is 11.5 Å². The van der Waals surface area contributed by atoms with Crippen LogP contribution in [0.3, 0.4) is 0 Å². The normalized spacial score (nSPS) is 17.2. The predicted octanol–water partition coefficient (Wildman–Crippen LogP) is 3.99. The Labute approximate surface area is 194 Å². The highest BCUT2D eigenvalue weighted by molar-refractivity contribution is 7.91. The van der Waals surface area contributed by atoms with Crippen molar-refractivity contribution in [3.8, 4) is 11.5 Å². The average Bonchev–Trinajstić information content (AvgIpc) is 3.38. The Hall–Kier alpha value is -3.00. The van der Waals surface area contributed by atoms with E-state index in [1.54, 1.807) is 24.3 Å². The van der Waals surface area contributed by atoms with Gasteiger partial charge in [-0.15, -0.1) is 0 Å². The SMILES string of the molecule is CCCOc1ccc(CN(C(=O)Cc2coc3ccc(OC)cc23)C2CCS(=O)(=O)C2)cc1. The van der Waals surface area contributed by atoms with Crippen molar-refractivity contribution >= 4 is 26.7 Å². The zero-order valence-corrected chi connectivity index (χ0v) is 19.8. The monoisotopic (exact) mass is 471 g/mol. The standard InChI is InChI=1S/C25H29NO6S/c1-3-11-31-21-6-4-18(5-7-21)15-26(20-10-12-33(28,29)17-20)25(27)13-19-16-32-24-9-8-22(30-2)14-23(19)24/h4-9,14,16,20H,3,10-13,15,17H2,1-2H3. The summed E-state index contributed by atoms with van der Waals surface area (Å²) in [7, 11) is -1.55. The van der Waals surface area contributed by atoms with E-state index in [1.165, 1.54) is 0 Å². The molecule has 0 spiro atoms. The molecule has 1 atom stereocenters. The summed E-state index contributed by atoms with van der Waals surface area (Å²) in [6.07, 6.45) is 3.08. The number of furan rings is 1.